The van der Waals surface area contributed by atoms with Gasteiger partial charge in [0.25, 0.3) is 0 Å². The quantitative estimate of drug-likeness (QED) is 0.603. The summed E-state index contributed by atoms with van der Waals surface area (Å²) in [7, 11) is 0. The van der Waals surface area contributed by atoms with Gasteiger partial charge in [0, 0.05) is 18.7 Å². The Morgan fingerprint density at radius 3 is 2.81 bits per heavy atom. The number of thioether (sulfide) groups is 1. The van der Waals surface area contributed by atoms with Crippen LogP contribution < -0.4 is 5.32 Å². The van der Waals surface area contributed by atoms with Crippen LogP contribution in [0.15, 0.2) is 12.2 Å². The number of carbonyl (C=O) groups is 1. The summed E-state index contributed by atoms with van der Waals surface area (Å²) in [6.07, 6.45) is 6.35. The van der Waals surface area contributed by atoms with E-state index < -0.39 is 5.51 Å². The van der Waals surface area contributed by atoms with Crippen LogP contribution in [0, 0.1) is 5.92 Å². The molecule has 1 atom stereocenters. The van der Waals surface area contributed by atoms with Crippen LogP contribution >= 0.6 is 11.8 Å². The molecule has 0 saturated carbocycles. The summed E-state index contributed by atoms with van der Waals surface area (Å²) in [5.41, 5.74) is -4.21. The summed E-state index contributed by atoms with van der Waals surface area (Å²) in [6.45, 7) is 0.0689. The Labute approximate surface area is 96.7 Å². The normalized spacial score (nSPS) is 20.1. The topological polar surface area (TPSA) is 29.1 Å². The minimum atomic E-state index is -4.21. The molecule has 1 aliphatic rings. The van der Waals surface area contributed by atoms with E-state index in [2.05, 4.69) is 5.32 Å². The number of hydrogen-bond acceptors (Lipinski definition) is 2. The molecule has 0 radical (unpaired) electrons. The fourth-order valence-electron chi connectivity index (χ4n) is 1.53. The van der Waals surface area contributed by atoms with Gasteiger partial charge in [0.15, 0.2) is 0 Å². The van der Waals surface area contributed by atoms with Gasteiger partial charge < -0.3 is 5.32 Å². The number of rotatable bonds is 5. The smallest absolute Gasteiger partial charge is 0.355 e. The Morgan fingerprint density at radius 1 is 1.50 bits per heavy atom. The summed E-state index contributed by atoms with van der Waals surface area (Å²) in [4.78, 5) is 11.3. The van der Waals surface area contributed by atoms with Gasteiger partial charge in [0.05, 0.1) is 0 Å². The molecule has 0 heterocycles. The average molecular weight is 253 g/mol. The second-order valence-corrected chi connectivity index (χ2v) is 4.77. The molecule has 0 unspecified atom stereocenters. The van der Waals surface area contributed by atoms with Crippen molar-refractivity contribution in [3.05, 3.63) is 12.2 Å². The molecule has 0 bridgehead atoms. The Kier molecular flexibility index (Phi) is 5.18. The fraction of sp³-hybridized carbons (Fsp3) is 0.700. The zero-order chi connectivity index (χ0) is 12.0. The molecule has 1 N–H and O–H groups in total. The van der Waals surface area contributed by atoms with Crippen LogP contribution in [0.4, 0.5) is 13.2 Å². The van der Waals surface area contributed by atoms with E-state index >= 15 is 0 Å². The van der Waals surface area contributed by atoms with Crippen LogP contribution in [0.5, 0.6) is 0 Å². The summed E-state index contributed by atoms with van der Waals surface area (Å²) in [5.74, 6) is -0.0370. The molecule has 1 rings (SSSR count). The molecule has 2 nitrogen and oxygen atoms in total. The fourth-order valence-corrected chi connectivity index (χ4v) is 1.97. The predicted molar refractivity (Wildman–Crippen MR) is 58.0 cm³/mol. The van der Waals surface area contributed by atoms with E-state index in [0.717, 1.165) is 12.8 Å². The second kappa shape index (κ2) is 6.18. The third kappa shape index (κ3) is 6.05. The lowest BCUT2D eigenvalue weighted by atomic mass is 10.1. The molecule has 92 valence electrons. The number of carbonyl (C=O) groups excluding carboxylic acids is 1. The maximum absolute atomic E-state index is 11.7. The van der Waals surface area contributed by atoms with Crippen molar-refractivity contribution in [2.45, 2.75) is 24.8 Å². The van der Waals surface area contributed by atoms with Gasteiger partial charge in [-0.2, -0.15) is 13.2 Å². The first-order valence-electron chi connectivity index (χ1n) is 5.11. The minimum Gasteiger partial charge on any atom is -0.355 e. The predicted octanol–water partition coefficient (Wildman–Crippen LogP) is 2.71. The molecule has 0 fully saturated rings. The van der Waals surface area contributed by atoms with E-state index in [1.165, 1.54) is 0 Å². The number of hydrogen-bond donors (Lipinski definition) is 1. The second-order valence-electron chi connectivity index (χ2n) is 3.61. The minimum absolute atomic E-state index is 0.0689. The SMILES string of the molecule is O=C(C[C@@H]1C=CCC1)NCCSC(F)(F)F. The molecule has 0 aromatic carbocycles. The maximum Gasteiger partial charge on any atom is 0.441 e. The summed E-state index contributed by atoms with van der Waals surface area (Å²) in [6, 6.07) is 0. The standard InChI is InChI=1S/C10H14F3NOS/c11-10(12,13)16-6-5-14-9(15)7-8-3-1-2-4-8/h1,3,8H,2,4-7H2,(H,14,15)/t8-/m1/s1. The highest BCUT2D eigenvalue weighted by Crippen LogP contribution is 2.29. The molecule has 0 saturated heterocycles. The number of allylic oxidation sites excluding steroid dienone is 2. The van der Waals surface area contributed by atoms with Crippen molar-refractivity contribution in [3.8, 4) is 0 Å². The Bertz CT molecular complexity index is 265. The van der Waals surface area contributed by atoms with Gasteiger partial charge >= 0.3 is 5.51 Å². The van der Waals surface area contributed by atoms with Crippen molar-refractivity contribution in [1.82, 2.24) is 5.32 Å². The molecule has 6 heteroatoms. The van der Waals surface area contributed by atoms with E-state index in [1.54, 1.807) is 0 Å². The molecule has 0 aliphatic heterocycles. The monoisotopic (exact) mass is 253 g/mol. The van der Waals surface area contributed by atoms with Crippen molar-refractivity contribution in [3.63, 3.8) is 0 Å². The maximum atomic E-state index is 11.7. The highest BCUT2D eigenvalue weighted by molar-refractivity contribution is 8.00. The van der Waals surface area contributed by atoms with Gasteiger partial charge in [-0.15, -0.1) is 0 Å². The van der Waals surface area contributed by atoms with Gasteiger partial charge in [0.2, 0.25) is 5.91 Å². The van der Waals surface area contributed by atoms with Crippen molar-refractivity contribution in [2.24, 2.45) is 5.92 Å². The highest BCUT2D eigenvalue weighted by Gasteiger charge is 2.27. The molecule has 0 spiro atoms. The number of halogens is 3. The van der Waals surface area contributed by atoms with Gasteiger partial charge in [-0.25, -0.2) is 0 Å². The molecular formula is C10H14F3NOS. The molecule has 0 aromatic heterocycles. The first-order chi connectivity index (χ1) is 7.47. The Hall–Kier alpha value is -0.650. The van der Waals surface area contributed by atoms with E-state index in [9.17, 15) is 18.0 Å². The van der Waals surface area contributed by atoms with Crippen molar-refractivity contribution in [2.75, 3.05) is 12.3 Å². The van der Waals surface area contributed by atoms with E-state index in [-0.39, 0.29) is 35.9 Å². The first-order valence-corrected chi connectivity index (χ1v) is 6.10. The van der Waals surface area contributed by atoms with Gasteiger partial charge in [-0.05, 0) is 30.5 Å². The van der Waals surface area contributed by atoms with Crippen LogP contribution in [0.1, 0.15) is 19.3 Å². The van der Waals surface area contributed by atoms with E-state index in [1.807, 2.05) is 12.2 Å². The van der Waals surface area contributed by atoms with Gasteiger partial charge in [0.1, 0.15) is 0 Å². The Balaban J connectivity index is 2.04. The zero-order valence-corrected chi connectivity index (χ0v) is 9.53. The van der Waals surface area contributed by atoms with Crippen molar-refractivity contribution >= 4 is 17.7 Å². The molecule has 0 aromatic rings. The summed E-state index contributed by atoms with van der Waals surface area (Å²) >= 11 is -0.110. The molecular weight excluding hydrogens is 239 g/mol. The van der Waals surface area contributed by atoms with Gasteiger partial charge in [-0.1, -0.05) is 12.2 Å². The van der Waals surface area contributed by atoms with E-state index in [0.29, 0.717) is 6.42 Å². The van der Waals surface area contributed by atoms with Crippen molar-refractivity contribution < 1.29 is 18.0 Å². The molecule has 1 amide bonds. The van der Waals surface area contributed by atoms with Crippen LogP contribution in [-0.4, -0.2) is 23.7 Å². The van der Waals surface area contributed by atoms with Crippen LogP contribution in [0.2, 0.25) is 0 Å². The van der Waals surface area contributed by atoms with Gasteiger partial charge in [-0.3, -0.25) is 4.79 Å². The molecule has 1 aliphatic carbocycles. The lowest BCUT2D eigenvalue weighted by molar-refractivity contribution is -0.121. The van der Waals surface area contributed by atoms with Crippen LogP contribution in [-0.2, 0) is 4.79 Å². The zero-order valence-electron chi connectivity index (χ0n) is 8.72. The molecule has 16 heavy (non-hydrogen) atoms. The number of alkyl halides is 3. The highest BCUT2D eigenvalue weighted by atomic mass is 32.2. The largest absolute Gasteiger partial charge is 0.441 e. The van der Waals surface area contributed by atoms with Crippen LogP contribution in [0.25, 0.3) is 0 Å². The number of amides is 1. The third-order valence-electron chi connectivity index (χ3n) is 2.25. The lowest BCUT2D eigenvalue weighted by Crippen LogP contribution is -2.27. The van der Waals surface area contributed by atoms with Crippen LogP contribution in [0.3, 0.4) is 0 Å². The average Bonchev–Trinajstić information content (AvgIpc) is 2.63. The summed E-state index contributed by atoms with van der Waals surface area (Å²) < 4.78 is 35.2. The Morgan fingerprint density at radius 2 is 2.25 bits per heavy atom. The lowest BCUT2D eigenvalue weighted by Gasteiger charge is -2.09. The van der Waals surface area contributed by atoms with E-state index in [4.69, 9.17) is 0 Å². The van der Waals surface area contributed by atoms with Crippen molar-refractivity contribution in [1.29, 1.82) is 0 Å². The third-order valence-corrected chi connectivity index (χ3v) is 2.99. The number of nitrogens with one attached hydrogen (secondary N) is 1. The first kappa shape index (κ1) is 13.4. The summed E-state index contributed by atoms with van der Waals surface area (Å²) in [5, 5.41) is 2.49.